The van der Waals surface area contributed by atoms with Crippen molar-refractivity contribution in [1.29, 1.82) is 0 Å². The van der Waals surface area contributed by atoms with Gasteiger partial charge in [-0.3, -0.25) is 0 Å². The first kappa shape index (κ1) is 11.3. The van der Waals surface area contributed by atoms with Gasteiger partial charge in [-0.05, 0) is 26.8 Å². The van der Waals surface area contributed by atoms with Gasteiger partial charge in [-0.15, -0.1) is 5.10 Å². The Hall–Kier alpha value is -1.78. The Morgan fingerprint density at radius 2 is 2.13 bits per heavy atom. The van der Waals surface area contributed by atoms with Crippen LogP contribution < -0.4 is 11.5 Å². The van der Waals surface area contributed by atoms with E-state index in [1.165, 1.54) is 11.4 Å². The van der Waals surface area contributed by atoms with E-state index in [1.807, 2.05) is 6.92 Å². The Bertz CT molecular complexity index is 396. The van der Waals surface area contributed by atoms with Gasteiger partial charge in [-0.1, -0.05) is 0 Å². The molecule has 0 atom stereocenters. The van der Waals surface area contributed by atoms with Crippen molar-refractivity contribution in [2.45, 2.75) is 27.3 Å². The number of aromatic nitrogens is 1. The van der Waals surface area contributed by atoms with Gasteiger partial charge in [0, 0.05) is 23.5 Å². The SMILES string of the molecule is CCn1c(C)cc(C=NN=C(N)N)c1C. The second-order valence-corrected chi connectivity index (χ2v) is 3.34. The van der Waals surface area contributed by atoms with Crippen LogP contribution in [0.2, 0.25) is 0 Å². The molecule has 0 fully saturated rings. The predicted octanol–water partition coefficient (Wildman–Crippen LogP) is 0.732. The highest BCUT2D eigenvalue weighted by atomic mass is 15.3. The highest BCUT2D eigenvalue weighted by molar-refractivity contribution is 5.83. The fourth-order valence-electron chi connectivity index (χ4n) is 1.60. The monoisotopic (exact) mass is 207 g/mol. The first-order valence-electron chi connectivity index (χ1n) is 4.85. The Labute approximate surface area is 89.5 Å². The van der Waals surface area contributed by atoms with Crippen LogP contribution >= 0.6 is 0 Å². The summed E-state index contributed by atoms with van der Waals surface area (Å²) in [5.41, 5.74) is 13.8. The van der Waals surface area contributed by atoms with E-state index >= 15 is 0 Å². The topological polar surface area (TPSA) is 81.7 Å². The third-order valence-electron chi connectivity index (χ3n) is 2.30. The zero-order valence-corrected chi connectivity index (χ0v) is 9.36. The minimum absolute atomic E-state index is 0.0319. The van der Waals surface area contributed by atoms with E-state index < -0.39 is 0 Å². The minimum Gasteiger partial charge on any atom is -0.369 e. The number of nitrogens with zero attached hydrogens (tertiary/aromatic N) is 3. The standard InChI is InChI=1S/C10H17N5/c1-4-15-7(2)5-9(8(15)3)6-13-14-10(11)12/h5-6H,4H2,1-3H3,(H4,11,12,14). The lowest BCUT2D eigenvalue weighted by atomic mass is 10.3. The van der Waals surface area contributed by atoms with Crippen molar-refractivity contribution in [3.8, 4) is 0 Å². The molecule has 0 aromatic carbocycles. The normalized spacial score (nSPS) is 10.9. The predicted molar refractivity (Wildman–Crippen MR) is 63.0 cm³/mol. The number of aryl methyl sites for hydroxylation is 1. The molecule has 1 aromatic rings. The number of rotatable bonds is 3. The third kappa shape index (κ3) is 2.59. The fraction of sp³-hybridized carbons (Fsp3) is 0.400. The van der Waals surface area contributed by atoms with Gasteiger partial charge in [0.2, 0.25) is 5.96 Å². The zero-order valence-electron chi connectivity index (χ0n) is 9.36. The molecule has 0 amide bonds. The van der Waals surface area contributed by atoms with Gasteiger partial charge >= 0.3 is 0 Å². The lowest BCUT2D eigenvalue weighted by molar-refractivity contribution is 0.718. The second-order valence-electron chi connectivity index (χ2n) is 3.34. The van der Waals surface area contributed by atoms with Crippen molar-refractivity contribution < 1.29 is 0 Å². The molecule has 5 nitrogen and oxygen atoms in total. The number of nitrogens with two attached hydrogens (primary N) is 2. The van der Waals surface area contributed by atoms with Crippen LogP contribution in [-0.2, 0) is 6.54 Å². The van der Waals surface area contributed by atoms with Crippen molar-refractivity contribution in [2.75, 3.05) is 0 Å². The average molecular weight is 207 g/mol. The van der Waals surface area contributed by atoms with Gasteiger partial charge < -0.3 is 16.0 Å². The molecule has 1 aromatic heterocycles. The molecule has 0 unspecified atom stereocenters. The van der Waals surface area contributed by atoms with Gasteiger partial charge in [-0.25, -0.2) is 0 Å². The van der Waals surface area contributed by atoms with Gasteiger partial charge in [0.05, 0.1) is 6.21 Å². The Morgan fingerprint density at radius 3 is 2.60 bits per heavy atom. The molecule has 0 aliphatic carbocycles. The Balaban J connectivity index is 2.97. The molecule has 82 valence electrons. The zero-order chi connectivity index (χ0) is 11.4. The molecule has 0 bridgehead atoms. The maximum atomic E-state index is 5.16. The fourth-order valence-corrected chi connectivity index (χ4v) is 1.60. The summed E-state index contributed by atoms with van der Waals surface area (Å²) in [4.78, 5) is 0. The van der Waals surface area contributed by atoms with E-state index in [1.54, 1.807) is 6.21 Å². The van der Waals surface area contributed by atoms with Crippen LogP contribution in [0.15, 0.2) is 16.3 Å². The summed E-state index contributed by atoms with van der Waals surface area (Å²) in [5.74, 6) is -0.0319. The molecule has 0 radical (unpaired) electrons. The largest absolute Gasteiger partial charge is 0.369 e. The number of hydrogen-bond acceptors (Lipinski definition) is 2. The van der Waals surface area contributed by atoms with Crippen LogP contribution in [0.4, 0.5) is 0 Å². The van der Waals surface area contributed by atoms with Crippen molar-refractivity contribution in [2.24, 2.45) is 21.7 Å². The molecule has 1 heterocycles. The van der Waals surface area contributed by atoms with Gasteiger partial charge in [0.15, 0.2) is 0 Å². The van der Waals surface area contributed by atoms with Crippen LogP contribution in [0, 0.1) is 13.8 Å². The summed E-state index contributed by atoms with van der Waals surface area (Å²) in [5, 5.41) is 7.35. The second kappa shape index (κ2) is 4.63. The van der Waals surface area contributed by atoms with Crippen LogP contribution in [0.1, 0.15) is 23.9 Å². The van der Waals surface area contributed by atoms with E-state index in [4.69, 9.17) is 11.5 Å². The maximum absolute atomic E-state index is 5.16. The smallest absolute Gasteiger partial charge is 0.211 e. The van der Waals surface area contributed by atoms with Crippen molar-refractivity contribution in [3.63, 3.8) is 0 Å². The summed E-state index contributed by atoms with van der Waals surface area (Å²) in [6.07, 6.45) is 1.66. The molecule has 4 N–H and O–H groups in total. The van der Waals surface area contributed by atoms with Gasteiger partial charge in [0.1, 0.15) is 0 Å². The molecular formula is C10H17N5. The van der Waals surface area contributed by atoms with E-state index in [0.717, 1.165) is 12.1 Å². The van der Waals surface area contributed by atoms with E-state index in [-0.39, 0.29) is 5.96 Å². The Morgan fingerprint density at radius 1 is 1.47 bits per heavy atom. The van der Waals surface area contributed by atoms with Gasteiger partial charge in [0.25, 0.3) is 0 Å². The van der Waals surface area contributed by atoms with Crippen LogP contribution in [0.3, 0.4) is 0 Å². The highest BCUT2D eigenvalue weighted by Gasteiger charge is 2.04. The molecule has 15 heavy (non-hydrogen) atoms. The van der Waals surface area contributed by atoms with Crippen molar-refractivity contribution in [1.82, 2.24) is 4.57 Å². The quantitative estimate of drug-likeness (QED) is 0.435. The first-order chi connectivity index (χ1) is 7.06. The molecule has 0 saturated carbocycles. The summed E-state index contributed by atoms with van der Waals surface area (Å²) < 4.78 is 2.21. The molecule has 0 spiro atoms. The van der Waals surface area contributed by atoms with E-state index in [9.17, 15) is 0 Å². The number of guanidine groups is 1. The molecule has 5 heteroatoms. The summed E-state index contributed by atoms with van der Waals surface area (Å²) in [6.45, 7) is 7.17. The lowest BCUT2D eigenvalue weighted by Crippen LogP contribution is -2.21. The maximum Gasteiger partial charge on any atom is 0.211 e. The molecule has 0 aliphatic heterocycles. The summed E-state index contributed by atoms with van der Waals surface area (Å²) >= 11 is 0. The number of hydrogen-bond donors (Lipinski definition) is 2. The van der Waals surface area contributed by atoms with Crippen LogP contribution in [0.25, 0.3) is 0 Å². The molecule has 0 saturated heterocycles. The molecule has 1 rings (SSSR count). The molecular weight excluding hydrogens is 190 g/mol. The first-order valence-corrected chi connectivity index (χ1v) is 4.85. The molecule has 0 aliphatic rings. The van der Waals surface area contributed by atoms with Crippen molar-refractivity contribution >= 4 is 12.2 Å². The van der Waals surface area contributed by atoms with Crippen molar-refractivity contribution in [3.05, 3.63) is 23.0 Å². The van der Waals surface area contributed by atoms with E-state index in [0.29, 0.717) is 0 Å². The third-order valence-corrected chi connectivity index (χ3v) is 2.30. The van der Waals surface area contributed by atoms with Gasteiger partial charge in [-0.2, -0.15) is 5.10 Å². The summed E-state index contributed by atoms with van der Waals surface area (Å²) in [7, 11) is 0. The minimum atomic E-state index is -0.0319. The Kier molecular flexibility index (Phi) is 3.49. The summed E-state index contributed by atoms with van der Waals surface area (Å²) in [6, 6.07) is 2.06. The van der Waals surface area contributed by atoms with Crippen LogP contribution in [-0.4, -0.2) is 16.7 Å². The van der Waals surface area contributed by atoms with Crippen LogP contribution in [0.5, 0.6) is 0 Å². The van der Waals surface area contributed by atoms with E-state index in [2.05, 4.69) is 34.7 Å². The lowest BCUT2D eigenvalue weighted by Gasteiger charge is -2.03. The average Bonchev–Trinajstić information content (AvgIpc) is 2.41. The highest BCUT2D eigenvalue weighted by Crippen LogP contribution is 2.12.